The number of alkyl halides is 1. The molecular formula is C17H17BrO4. The van der Waals surface area contributed by atoms with Gasteiger partial charge in [-0.1, -0.05) is 15.9 Å². The first-order valence-electron chi connectivity index (χ1n) is 8.25. The first kappa shape index (κ1) is 12.6. The summed E-state index contributed by atoms with van der Waals surface area (Å²) < 4.78 is 10.7. The van der Waals surface area contributed by atoms with Crippen molar-refractivity contribution in [1.29, 1.82) is 0 Å². The van der Waals surface area contributed by atoms with Crippen LogP contribution >= 0.6 is 15.9 Å². The Labute approximate surface area is 136 Å². The Hall–Kier alpha value is -0.840. The van der Waals surface area contributed by atoms with Crippen molar-refractivity contribution in [2.75, 3.05) is 0 Å². The molecule has 5 heteroatoms. The quantitative estimate of drug-likeness (QED) is 0.286. The Balaban J connectivity index is 1.54. The van der Waals surface area contributed by atoms with Crippen molar-refractivity contribution in [3.8, 4) is 0 Å². The number of carbonyl (C=O) groups excluding carboxylic acids is 2. The minimum Gasteiger partial charge on any atom is -0.419 e. The fourth-order valence-electron chi connectivity index (χ4n) is 7.49. The molecule has 6 bridgehead atoms. The van der Waals surface area contributed by atoms with Crippen LogP contribution in [0.3, 0.4) is 0 Å². The predicted molar refractivity (Wildman–Crippen MR) is 78.5 cm³/mol. The third-order valence-corrected chi connectivity index (χ3v) is 8.67. The molecule has 0 unspecified atom stereocenters. The van der Waals surface area contributed by atoms with Crippen LogP contribution in [0.25, 0.3) is 0 Å². The molecule has 7 fully saturated rings. The summed E-state index contributed by atoms with van der Waals surface area (Å²) in [7, 11) is 0. The van der Waals surface area contributed by atoms with Crippen molar-refractivity contribution in [2.24, 2.45) is 47.3 Å². The zero-order valence-electron chi connectivity index (χ0n) is 12.4. The number of cyclic esters (lactones) is 2. The van der Waals surface area contributed by atoms with Crippen LogP contribution in [0.15, 0.2) is 11.1 Å². The highest BCUT2D eigenvalue weighted by Crippen LogP contribution is 2.85. The van der Waals surface area contributed by atoms with E-state index in [9.17, 15) is 9.59 Å². The number of hydrogen-bond donors (Lipinski definition) is 0. The first-order valence-corrected chi connectivity index (χ1v) is 9.17. The summed E-state index contributed by atoms with van der Waals surface area (Å²) in [5.41, 5.74) is 1.36. The third kappa shape index (κ3) is 1.06. The van der Waals surface area contributed by atoms with E-state index in [1.165, 1.54) is 6.42 Å². The molecule has 0 spiro atoms. The summed E-state index contributed by atoms with van der Waals surface area (Å²) in [5.74, 6) is 3.08. The van der Waals surface area contributed by atoms with E-state index in [2.05, 4.69) is 15.9 Å². The molecule has 0 N–H and O–H groups in total. The van der Waals surface area contributed by atoms with Gasteiger partial charge in [0.1, 0.15) is 5.57 Å². The van der Waals surface area contributed by atoms with Gasteiger partial charge in [-0.05, 0) is 59.3 Å². The summed E-state index contributed by atoms with van der Waals surface area (Å²) in [6.07, 6.45) is 1.30. The maximum atomic E-state index is 12.5. The SMILES string of the molecule is CC1(C)OC(=O)C(=C2[C@H]3[C@H]4[C@H](Br)[C@H]5[C@H]6C[C@@H]([C@H]2[C@H]64)[C@H]35)C(=O)O1. The topological polar surface area (TPSA) is 52.6 Å². The summed E-state index contributed by atoms with van der Waals surface area (Å²) in [4.78, 5) is 25.6. The van der Waals surface area contributed by atoms with E-state index in [4.69, 9.17) is 9.47 Å². The molecule has 4 nitrogen and oxygen atoms in total. The second-order valence-electron chi connectivity index (χ2n) is 8.38. The van der Waals surface area contributed by atoms with Crippen LogP contribution in [-0.2, 0) is 19.1 Å². The van der Waals surface area contributed by atoms with Crippen molar-refractivity contribution in [3.63, 3.8) is 0 Å². The lowest BCUT2D eigenvalue weighted by Crippen LogP contribution is -2.42. The maximum Gasteiger partial charge on any atom is 0.348 e. The van der Waals surface area contributed by atoms with Gasteiger partial charge in [0.15, 0.2) is 0 Å². The Kier molecular flexibility index (Phi) is 1.90. The number of ether oxygens (including phenoxy) is 2. The van der Waals surface area contributed by atoms with E-state index in [0.29, 0.717) is 40.3 Å². The molecule has 0 aromatic rings. The third-order valence-electron chi connectivity index (χ3n) is 7.45. The second-order valence-corrected chi connectivity index (χ2v) is 9.44. The maximum absolute atomic E-state index is 12.5. The van der Waals surface area contributed by atoms with Gasteiger partial charge >= 0.3 is 11.9 Å². The highest BCUT2D eigenvalue weighted by Gasteiger charge is 2.82. The highest BCUT2D eigenvalue weighted by molar-refractivity contribution is 9.09. The Morgan fingerprint density at radius 3 is 2.23 bits per heavy atom. The van der Waals surface area contributed by atoms with Crippen molar-refractivity contribution in [1.82, 2.24) is 0 Å². The molecule has 7 rings (SSSR count). The van der Waals surface area contributed by atoms with E-state index in [-0.39, 0.29) is 5.57 Å². The van der Waals surface area contributed by atoms with Gasteiger partial charge < -0.3 is 9.47 Å². The van der Waals surface area contributed by atoms with Crippen LogP contribution in [-0.4, -0.2) is 22.6 Å². The molecule has 9 atom stereocenters. The lowest BCUT2D eigenvalue weighted by molar-refractivity contribution is -0.222. The molecule has 1 saturated heterocycles. The number of halogens is 1. The minimum atomic E-state index is -1.14. The normalized spacial score (nSPS) is 58.2. The molecule has 6 aliphatic carbocycles. The molecule has 7 aliphatic rings. The molecule has 0 aromatic carbocycles. The number of carbonyl (C=O) groups is 2. The van der Waals surface area contributed by atoms with Crippen LogP contribution in [0, 0.1) is 47.3 Å². The zero-order valence-corrected chi connectivity index (χ0v) is 14.0. The number of hydrogen-bond acceptors (Lipinski definition) is 4. The lowest BCUT2D eigenvalue weighted by Gasteiger charge is -2.32. The molecule has 0 amide bonds. The molecule has 22 heavy (non-hydrogen) atoms. The van der Waals surface area contributed by atoms with Crippen LogP contribution in [0.2, 0.25) is 0 Å². The standard InChI is InChI=1S/C17H17BrO4/c1-17(2)21-15(19)13(16(20)22-17)11-6-4-3-5-7(6)12-10(11)8(4)9(5)14(12)18/h4-10,12,14H,3H2,1-2H3/t4-,5-,6-,7-,8-,9-,10-,12-,14+/m0/s1. The zero-order chi connectivity index (χ0) is 15.1. The summed E-state index contributed by atoms with van der Waals surface area (Å²) in [6, 6.07) is 0. The fraction of sp³-hybridized carbons (Fsp3) is 0.765. The first-order chi connectivity index (χ1) is 10.4. The van der Waals surface area contributed by atoms with Crippen LogP contribution in [0.5, 0.6) is 0 Å². The van der Waals surface area contributed by atoms with Gasteiger partial charge in [-0.2, -0.15) is 0 Å². The van der Waals surface area contributed by atoms with Crippen molar-refractivity contribution >= 4 is 27.9 Å². The Bertz CT molecular complexity index is 671. The molecule has 0 aromatic heterocycles. The number of allylic oxidation sites excluding steroid dienone is 1. The van der Waals surface area contributed by atoms with E-state index in [1.54, 1.807) is 13.8 Å². The lowest BCUT2D eigenvalue weighted by atomic mass is 9.71. The van der Waals surface area contributed by atoms with E-state index in [0.717, 1.165) is 17.4 Å². The van der Waals surface area contributed by atoms with E-state index < -0.39 is 17.7 Å². The van der Waals surface area contributed by atoms with Crippen LogP contribution < -0.4 is 0 Å². The summed E-state index contributed by atoms with van der Waals surface area (Å²) in [5, 5.41) is 0. The van der Waals surface area contributed by atoms with E-state index >= 15 is 0 Å². The van der Waals surface area contributed by atoms with Gasteiger partial charge in [0.2, 0.25) is 0 Å². The molecule has 1 aliphatic heterocycles. The highest BCUT2D eigenvalue weighted by atomic mass is 79.9. The average molecular weight is 365 g/mol. The summed E-state index contributed by atoms with van der Waals surface area (Å²) in [6.45, 7) is 3.22. The number of rotatable bonds is 0. The van der Waals surface area contributed by atoms with Crippen LogP contribution in [0.4, 0.5) is 0 Å². The second kappa shape index (κ2) is 3.33. The fourth-order valence-corrected chi connectivity index (χ4v) is 8.92. The monoisotopic (exact) mass is 364 g/mol. The number of esters is 2. The molecule has 0 radical (unpaired) electrons. The van der Waals surface area contributed by atoms with Gasteiger partial charge in [-0.15, -0.1) is 0 Å². The van der Waals surface area contributed by atoms with Gasteiger partial charge in [0.05, 0.1) is 0 Å². The van der Waals surface area contributed by atoms with Gasteiger partial charge in [-0.3, -0.25) is 0 Å². The van der Waals surface area contributed by atoms with Crippen LogP contribution in [0.1, 0.15) is 20.3 Å². The van der Waals surface area contributed by atoms with Crippen molar-refractivity contribution in [2.45, 2.75) is 30.9 Å². The molecule has 116 valence electrons. The van der Waals surface area contributed by atoms with Gasteiger partial charge in [0.25, 0.3) is 5.79 Å². The Morgan fingerprint density at radius 2 is 1.59 bits per heavy atom. The smallest absolute Gasteiger partial charge is 0.348 e. The Morgan fingerprint density at radius 1 is 0.955 bits per heavy atom. The predicted octanol–water partition coefficient (Wildman–Crippen LogP) is 2.27. The average Bonchev–Trinajstić information content (AvgIpc) is 3.10. The van der Waals surface area contributed by atoms with E-state index in [1.807, 2.05) is 0 Å². The molecule has 6 saturated carbocycles. The molecule has 1 heterocycles. The van der Waals surface area contributed by atoms with Gasteiger partial charge in [-0.25, -0.2) is 9.59 Å². The minimum absolute atomic E-state index is 0.247. The largest absolute Gasteiger partial charge is 0.419 e. The van der Waals surface area contributed by atoms with Crippen molar-refractivity contribution in [3.05, 3.63) is 11.1 Å². The van der Waals surface area contributed by atoms with Gasteiger partial charge in [0, 0.05) is 18.7 Å². The summed E-state index contributed by atoms with van der Waals surface area (Å²) >= 11 is 3.93. The molecular weight excluding hydrogens is 348 g/mol. The van der Waals surface area contributed by atoms with Crippen molar-refractivity contribution < 1.29 is 19.1 Å².